The lowest BCUT2D eigenvalue weighted by atomic mass is 10.2. The number of nitrogens with two attached hydrogens (primary N) is 1. The Hall–Kier alpha value is -2.49. The van der Waals surface area contributed by atoms with Gasteiger partial charge in [-0.2, -0.15) is 0 Å². The van der Waals surface area contributed by atoms with Gasteiger partial charge < -0.3 is 11.1 Å². The van der Waals surface area contributed by atoms with Crippen LogP contribution in [0.5, 0.6) is 0 Å². The van der Waals surface area contributed by atoms with Crippen LogP contribution >= 0.6 is 34.5 Å². The van der Waals surface area contributed by atoms with E-state index in [0.717, 1.165) is 16.9 Å². The molecule has 0 aliphatic heterocycles. The highest BCUT2D eigenvalue weighted by Crippen LogP contribution is 2.23. The van der Waals surface area contributed by atoms with Crippen LogP contribution in [0.15, 0.2) is 30.6 Å². The average Bonchev–Trinajstić information content (AvgIpc) is 3.21. The molecule has 8 nitrogen and oxygen atoms in total. The Morgan fingerprint density at radius 1 is 1.27 bits per heavy atom. The molecule has 0 radical (unpaired) electrons. The molecule has 2 amide bonds. The van der Waals surface area contributed by atoms with E-state index < -0.39 is 5.91 Å². The topological polar surface area (TPSA) is 116 Å². The number of aromatic nitrogens is 4. The molecule has 11 heteroatoms. The lowest BCUT2D eigenvalue weighted by Crippen LogP contribution is -2.14. The number of amides is 2. The fourth-order valence-corrected chi connectivity index (χ4v) is 3.10. The minimum Gasteiger partial charge on any atom is -0.365 e. The summed E-state index contributed by atoms with van der Waals surface area (Å²) in [6.07, 6.45) is 3.00. The van der Waals surface area contributed by atoms with Gasteiger partial charge in [-0.05, 0) is 17.7 Å². The largest absolute Gasteiger partial charge is 0.365 e. The van der Waals surface area contributed by atoms with Crippen molar-refractivity contribution in [1.82, 2.24) is 20.0 Å². The van der Waals surface area contributed by atoms with E-state index in [1.807, 2.05) is 6.07 Å². The number of thiazole rings is 1. The van der Waals surface area contributed by atoms with Gasteiger partial charge in [-0.3, -0.25) is 9.59 Å². The van der Waals surface area contributed by atoms with Gasteiger partial charge in [0.1, 0.15) is 4.88 Å². The van der Waals surface area contributed by atoms with Crippen molar-refractivity contribution in [2.45, 2.75) is 13.0 Å². The van der Waals surface area contributed by atoms with Crippen molar-refractivity contribution >= 4 is 51.5 Å². The maximum Gasteiger partial charge on any atom is 0.260 e. The number of carbonyl (C=O) groups is 2. The van der Waals surface area contributed by atoms with Crippen molar-refractivity contribution in [3.05, 3.63) is 56.8 Å². The average molecular weight is 411 g/mol. The standard InChI is InChI=1S/C15H12Cl2N6O2S/c16-10-2-1-8(3-11(10)17)6-23-7-9(21-22-23)4-13(24)20-15-19-5-12(26-15)14(18)25/h1-3,5,7H,4,6H2,(H2,18,25)(H,19,20,24). The zero-order chi connectivity index (χ0) is 18.7. The van der Waals surface area contributed by atoms with E-state index in [1.54, 1.807) is 23.0 Å². The van der Waals surface area contributed by atoms with E-state index in [2.05, 4.69) is 20.6 Å². The summed E-state index contributed by atoms with van der Waals surface area (Å²) in [4.78, 5) is 27.3. The van der Waals surface area contributed by atoms with Crippen LogP contribution in [-0.4, -0.2) is 31.8 Å². The molecule has 0 saturated heterocycles. The fraction of sp³-hybridized carbons (Fsp3) is 0.133. The Bertz CT molecular complexity index is 971. The lowest BCUT2D eigenvalue weighted by molar-refractivity contribution is -0.115. The summed E-state index contributed by atoms with van der Waals surface area (Å²) in [5.74, 6) is -0.912. The highest BCUT2D eigenvalue weighted by Gasteiger charge is 2.12. The second-order valence-corrected chi connectivity index (χ2v) is 7.12. The van der Waals surface area contributed by atoms with Gasteiger partial charge in [0.25, 0.3) is 5.91 Å². The number of nitrogens with one attached hydrogen (secondary N) is 1. The van der Waals surface area contributed by atoms with Crippen LogP contribution in [0.4, 0.5) is 5.13 Å². The van der Waals surface area contributed by atoms with Crippen LogP contribution < -0.4 is 11.1 Å². The van der Waals surface area contributed by atoms with Gasteiger partial charge in [0.15, 0.2) is 5.13 Å². The van der Waals surface area contributed by atoms with Crippen LogP contribution in [0, 0.1) is 0 Å². The van der Waals surface area contributed by atoms with Gasteiger partial charge >= 0.3 is 0 Å². The number of hydrogen-bond acceptors (Lipinski definition) is 6. The molecular weight excluding hydrogens is 399 g/mol. The first kappa shape index (κ1) is 18.3. The Morgan fingerprint density at radius 2 is 2.08 bits per heavy atom. The van der Waals surface area contributed by atoms with Gasteiger partial charge in [-0.15, -0.1) is 5.10 Å². The van der Waals surface area contributed by atoms with E-state index >= 15 is 0 Å². The van der Waals surface area contributed by atoms with Crippen molar-refractivity contribution in [2.75, 3.05) is 5.32 Å². The van der Waals surface area contributed by atoms with Crippen LogP contribution in [-0.2, 0) is 17.8 Å². The molecule has 2 heterocycles. The van der Waals surface area contributed by atoms with E-state index in [1.165, 1.54) is 6.20 Å². The summed E-state index contributed by atoms with van der Waals surface area (Å²) in [6.45, 7) is 0.444. The number of halogens is 2. The molecule has 2 aromatic heterocycles. The molecule has 0 spiro atoms. The SMILES string of the molecule is NC(=O)c1cnc(NC(=O)Cc2cn(Cc3ccc(Cl)c(Cl)c3)nn2)s1. The molecule has 0 saturated carbocycles. The number of carbonyl (C=O) groups excluding carboxylic acids is 2. The Kier molecular flexibility index (Phi) is 5.50. The molecule has 3 N–H and O–H groups in total. The molecule has 0 atom stereocenters. The third kappa shape index (κ3) is 4.57. The third-order valence-electron chi connectivity index (χ3n) is 3.25. The van der Waals surface area contributed by atoms with Gasteiger partial charge in [0.2, 0.25) is 5.91 Å². The maximum absolute atomic E-state index is 12.0. The number of nitrogens with zero attached hydrogens (tertiary/aromatic N) is 4. The van der Waals surface area contributed by atoms with Gasteiger partial charge in [0, 0.05) is 6.20 Å². The Balaban J connectivity index is 1.59. The molecule has 3 aromatic rings. The number of benzene rings is 1. The van der Waals surface area contributed by atoms with Crippen molar-refractivity contribution in [3.63, 3.8) is 0 Å². The molecule has 0 aliphatic rings. The number of rotatable bonds is 6. The second kappa shape index (κ2) is 7.81. The van der Waals surface area contributed by atoms with E-state index in [-0.39, 0.29) is 17.2 Å². The zero-order valence-corrected chi connectivity index (χ0v) is 15.5. The van der Waals surface area contributed by atoms with Gasteiger partial charge in [-0.1, -0.05) is 45.8 Å². The van der Waals surface area contributed by atoms with Crippen molar-refractivity contribution in [3.8, 4) is 0 Å². The number of hydrogen-bond donors (Lipinski definition) is 2. The zero-order valence-electron chi connectivity index (χ0n) is 13.1. The first-order valence-electron chi connectivity index (χ1n) is 7.29. The van der Waals surface area contributed by atoms with Crippen molar-refractivity contribution in [2.24, 2.45) is 5.73 Å². The molecule has 1 aromatic carbocycles. The summed E-state index contributed by atoms with van der Waals surface area (Å²) in [6, 6.07) is 5.29. The predicted octanol–water partition coefficient (Wildman–Crippen LogP) is 2.37. The summed E-state index contributed by atoms with van der Waals surface area (Å²) in [7, 11) is 0. The molecule has 0 bridgehead atoms. The molecule has 0 fully saturated rings. The molecule has 3 rings (SSSR count). The number of primary amides is 1. The third-order valence-corrected chi connectivity index (χ3v) is 4.92. The highest BCUT2D eigenvalue weighted by atomic mass is 35.5. The van der Waals surface area contributed by atoms with Gasteiger partial charge in [-0.25, -0.2) is 9.67 Å². The van der Waals surface area contributed by atoms with Gasteiger partial charge in [0.05, 0.1) is 34.9 Å². The van der Waals surface area contributed by atoms with Crippen LogP contribution in [0.2, 0.25) is 10.0 Å². The minimum atomic E-state index is -0.590. The van der Waals surface area contributed by atoms with Crippen LogP contribution in [0.3, 0.4) is 0 Å². The Morgan fingerprint density at radius 3 is 2.77 bits per heavy atom. The highest BCUT2D eigenvalue weighted by molar-refractivity contribution is 7.17. The van der Waals surface area contributed by atoms with Crippen LogP contribution in [0.1, 0.15) is 20.9 Å². The quantitative estimate of drug-likeness (QED) is 0.646. The van der Waals surface area contributed by atoms with E-state index in [4.69, 9.17) is 28.9 Å². The van der Waals surface area contributed by atoms with Crippen LogP contribution in [0.25, 0.3) is 0 Å². The lowest BCUT2D eigenvalue weighted by Gasteiger charge is -2.02. The predicted molar refractivity (Wildman–Crippen MR) is 98.6 cm³/mol. The molecule has 26 heavy (non-hydrogen) atoms. The van der Waals surface area contributed by atoms with Crippen molar-refractivity contribution in [1.29, 1.82) is 0 Å². The second-order valence-electron chi connectivity index (χ2n) is 5.27. The smallest absolute Gasteiger partial charge is 0.260 e. The maximum atomic E-state index is 12.0. The molecular formula is C15H12Cl2N6O2S. The Labute approximate surface area is 161 Å². The minimum absolute atomic E-state index is 0.0207. The molecule has 0 unspecified atom stereocenters. The normalized spacial score (nSPS) is 10.7. The summed E-state index contributed by atoms with van der Waals surface area (Å²) < 4.78 is 1.59. The summed E-state index contributed by atoms with van der Waals surface area (Å²) in [5, 5.41) is 11.8. The monoisotopic (exact) mass is 410 g/mol. The number of anilines is 1. The summed E-state index contributed by atoms with van der Waals surface area (Å²) >= 11 is 12.9. The van der Waals surface area contributed by atoms with E-state index in [0.29, 0.717) is 27.4 Å². The van der Waals surface area contributed by atoms with E-state index in [9.17, 15) is 9.59 Å². The first-order valence-corrected chi connectivity index (χ1v) is 8.86. The molecule has 134 valence electrons. The molecule has 0 aliphatic carbocycles. The fourth-order valence-electron chi connectivity index (χ4n) is 2.10. The summed E-state index contributed by atoms with van der Waals surface area (Å²) in [5.41, 5.74) is 6.55. The first-order chi connectivity index (χ1) is 12.4. The van der Waals surface area contributed by atoms with Crippen molar-refractivity contribution < 1.29 is 9.59 Å².